The first-order chi connectivity index (χ1) is 9.51. The lowest BCUT2D eigenvalue weighted by atomic mass is 10.1. The number of phenolic OH excluding ortho intramolecular Hbond substituents is 1. The van der Waals surface area contributed by atoms with E-state index in [1.54, 1.807) is 13.2 Å². The molecule has 2 rings (SSSR count). The summed E-state index contributed by atoms with van der Waals surface area (Å²) in [4.78, 5) is 0. The molecular formula is C16H18INO2. The number of aryl methyl sites for hydroxylation is 1. The van der Waals surface area contributed by atoms with E-state index in [2.05, 4.69) is 53.0 Å². The maximum Gasteiger partial charge on any atom is 0.124 e. The first-order valence-electron chi connectivity index (χ1n) is 6.41. The highest BCUT2D eigenvalue weighted by atomic mass is 127. The molecule has 0 aliphatic heterocycles. The van der Waals surface area contributed by atoms with E-state index >= 15 is 0 Å². The van der Waals surface area contributed by atoms with Crippen molar-refractivity contribution in [1.29, 1.82) is 0 Å². The molecule has 0 amide bonds. The normalized spacial score (nSPS) is 12.0. The van der Waals surface area contributed by atoms with Crippen molar-refractivity contribution in [2.24, 2.45) is 0 Å². The summed E-state index contributed by atoms with van der Waals surface area (Å²) in [5.41, 5.74) is 3.12. The summed E-state index contributed by atoms with van der Waals surface area (Å²) in [6.07, 6.45) is 0. The zero-order valence-corrected chi connectivity index (χ0v) is 13.9. The SMILES string of the molecule is COc1ccc(C(C)Nc2ccc(I)cc2C)c(O)c1. The molecule has 2 N–H and O–H groups in total. The molecule has 0 aliphatic carbocycles. The molecule has 0 saturated heterocycles. The Morgan fingerprint density at radius 1 is 1.20 bits per heavy atom. The van der Waals surface area contributed by atoms with Gasteiger partial charge in [0.15, 0.2) is 0 Å². The van der Waals surface area contributed by atoms with Gasteiger partial charge in [-0.2, -0.15) is 0 Å². The van der Waals surface area contributed by atoms with Crippen LogP contribution in [0.3, 0.4) is 0 Å². The Morgan fingerprint density at radius 2 is 1.95 bits per heavy atom. The molecule has 1 atom stereocenters. The summed E-state index contributed by atoms with van der Waals surface area (Å²) < 4.78 is 6.31. The van der Waals surface area contributed by atoms with E-state index < -0.39 is 0 Å². The first-order valence-corrected chi connectivity index (χ1v) is 7.48. The Labute approximate surface area is 133 Å². The topological polar surface area (TPSA) is 41.5 Å². The maximum atomic E-state index is 10.1. The smallest absolute Gasteiger partial charge is 0.124 e. The van der Waals surface area contributed by atoms with Crippen LogP contribution in [0.25, 0.3) is 0 Å². The largest absolute Gasteiger partial charge is 0.507 e. The Hall–Kier alpha value is -1.43. The summed E-state index contributed by atoms with van der Waals surface area (Å²) in [6.45, 7) is 4.10. The molecule has 3 nitrogen and oxygen atoms in total. The summed E-state index contributed by atoms with van der Waals surface area (Å²) in [5, 5.41) is 13.5. The molecule has 0 spiro atoms. The third-order valence-electron chi connectivity index (χ3n) is 3.26. The van der Waals surface area contributed by atoms with Gasteiger partial charge >= 0.3 is 0 Å². The molecule has 0 heterocycles. The van der Waals surface area contributed by atoms with Gasteiger partial charge in [-0.1, -0.05) is 0 Å². The van der Waals surface area contributed by atoms with Crippen molar-refractivity contribution >= 4 is 28.3 Å². The molecule has 20 heavy (non-hydrogen) atoms. The number of halogens is 1. The quantitative estimate of drug-likeness (QED) is 0.765. The second kappa shape index (κ2) is 6.35. The summed E-state index contributed by atoms with van der Waals surface area (Å²) in [5.74, 6) is 0.899. The zero-order valence-electron chi connectivity index (χ0n) is 11.8. The van der Waals surface area contributed by atoms with Gasteiger partial charge in [0.2, 0.25) is 0 Å². The highest BCUT2D eigenvalue weighted by molar-refractivity contribution is 14.1. The number of nitrogens with one attached hydrogen (secondary N) is 1. The second-order valence-electron chi connectivity index (χ2n) is 4.75. The Bertz CT molecular complexity index is 613. The van der Waals surface area contributed by atoms with Crippen LogP contribution in [0.1, 0.15) is 24.1 Å². The average molecular weight is 383 g/mol. The molecular weight excluding hydrogens is 365 g/mol. The molecule has 106 valence electrons. The number of methoxy groups -OCH3 is 1. The Morgan fingerprint density at radius 3 is 2.55 bits per heavy atom. The fourth-order valence-electron chi connectivity index (χ4n) is 2.12. The molecule has 2 aromatic carbocycles. The van der Waals surface area contributed by atoms with Gasteiger partial charge in [0.1, 0.15) is 11.5 Å². The minimum atomic E-state index is 0.0136. The highest BCUT2D eigenvalue weighted by Crippen LogP contribution is 2.31. The number of hydrogen-bond donors (Lipinski definition) is 2. The van der Waals surface area contributed by atoms with Crippen LogP contribution in [0.5, 0.6) is 11.5 Å². The van der Waals surface area contributed by atoms with Crippen molar-refractivity contribution in [2.45, 2.75) is 19.9 Å². The van der Waals surface area contributed by atoms with E-state index in [0.717, 1.165) is 11.3 Å². The Balaban J connectivity index is 2.21. The zero-order chi connectivity index (χ0) is 14.7. The van der Waals surface area contributed by atoms with Gasteiger partial charge in [-0.25, -0.2) is 0 Å². The third-order valence-corrected chi connectivity index (χ3v) is 3.94. The van der Waals surface area contributed by atoms with Crippen molar-refractivity contribution in [3.8, 4) is 11.5 Å². The van der Waals surface area contributed by atoms with Crippen LogP contribution in [0, 0.1) is 10.5 Å². The van der Waals surface area contributed by atoms with Crippen LogP contribution >= 0.6 is 22.6 Å². The molecule has 0 bridgehead atoms. The van der Waals surface area contributed by atoms with E-state index in [9.17, 15) is 5.11 Å². The Kier molecular flexibility index (Phi) is 4.75. The summed E-state index contributed by atoms with van der Waals surface area (Å²) in [6, 6.07) is 11.6. The number of phenols is 1. The maximum absolute atomic E-state index is 10.1. The molecule has 0 saturated carbocycles. The predicted molar refractivity (Wildman–Crippen MR) is 90.6 cm³/mol. The van der Waals surface area contributed by atoms with Crippen molar-refractivity contribution in [1.82, 2.24) is 0 Å². The van der Waals surface area contributed by atoms with Crippen LogP contribution in [0.15, 0.2) is 36.4 Å². The number of rotatable bonds is 4. The molecule has 0 radical (unpaired) electrons. The second-order valence-corrected chi connectivity index (χ2v) is 6.00. The number of ether oxygens (including phenoxy) is 1. The van der Waals surface area contributed by atoms with Gasteiger partial charge in [-0.05, 0) is 72.3 Å². The highest BCUT2D eigenvalue weighted by Gasteiger charge is 2.12. The van der Waals surface area contributed by atoms with Crippen molar-refractivity contribution < 1.29 is 9.84 Å². The lowest BCUT2D eigenvalue weighted by Crippen LogP contribution is -2.08. The van der Waals surface area contributed by atoms with Crippen LogP contribution < -0.4 is 10.1 Å². The first kappa shape index (κ1) is 15.0. The van der Waals surface area contributed by atoms with Crippen molar-refractivity contribution in [3.63, 3.8) is 0 Å². The minimum Gasteiger partial charge on any atom is -0.507 e. The molecule has 2 aromatic rings. The van der Waals surface area contributed by atoms with Gasteiger partial charge in [0.25, 0.3) is 0 Å². The van der Waals surface area contributed by atoms with Gasteiger partial charge < -0.3 is 15.2 Å². The van der Waals surface area contributed by atoms with Crippen LogP contribution in [0.4, 0.5) is 5.69 Å². The number of aromatic hydroxyl groups is 1. The number of benzene rings is 2. The van der Waals surface area contributed by atoms with E-state index in [4.69, 9.17) is 4.74 Å². The van der Waals surface area contributed by atoms with E-state index in [1.165, 1.54) is 9.13 Å². The van der Waals surface area contributed by atoms with Gasteiger partial charge in [-0.3, -0.25) is 0 Å². The average Bonchev–Trinajstić information content (AvgIpc) is 2.41. The summed E-state index contributed by atoms with van der Waals surface area (Å²) >= 11 is 2.30. The fourth-order valence-corrected chi connectivity index (χ4v) is 2.76. The number of anilines is 1. The third kappa shape index (κ3) is 3.36. The van der Waals surface area contributed by atoms with E-state index in [0.29, 0.717) is 5.75 Å². The van der Waals surface area contributed by atoms with Crippen molar-refractivity contribution in [3.05, 3.63) is 51.1 Å². The van der Waals surface area contributed by atoms with Crippen LogP contribution in [-0.2, 0) is 0 Å². The number of hydrogen-bond acceptors (Lipinski definition) is 3. The van der Waals surface area contributed by atoms with Gasteiger partial charge in [-0.15, -0.1) is 0 Å². The monoisotopic (exact) mass is 383 g/mol. The molecule has 4 heteroatoms. The lowest BCUT2D eigenvalue weighted by Gasteiger charge is -2.19. The van der Waals surface area contributed by atoms with Gasteiger partial charge in [0.05, 0.1) is 13.2 Å². The lowest BCUT2D eigenvalue weighted by molar-refractivity contribution is 0.406. The standard InChI is InChI=1S/C16H18INO2/c1-10-8-12(17)4-7-15(10)18-11(2)14-6-5-13(20-3)9-16(14)19/h4-9,11,18-19H,1-3H3. The van der Waals surface area contributed by atoms with Gasteiger partial charge in [0, 0.05) is 20.9 Å². The predicted octanol–water partition coefficient (Wildman–Crippen LogP) is 4.49. The summed E-state index contributed by atoms with van der Waals surface area (Å²) in [7, 11) is 1.59. The molecule has 1 unspecified atom stereocenters. The molecule has 0 aromatic heterocycles. The van der Waals surface area contributed by atoms with E-state index in [-0.39, 0.29) is 11.8 Å². The minimum absolute atomic E-state index is 0.0136. The van der Waals surface area contributed by atoms with Crippen LogP contribution in [-0.4, -0.2) is 12.2 Å². The van der Waals surface area contributed by atoms with Crippen LogP contribution in [0.2, 0.25) is 0 Å². The van der Waals surface area contributed by atoms with E-state index in [1.807, 2.05) is 19.1 Å². The molecule has 0 fully saturated rings. The fraction of sp³-hybridized carbons (Fsp3) is 0.250. The van der Waals surface area contributed by atoms with Crippen molar-refractivity contribution in [2.75, 3.05) is 12.4 Å². The molecule has 0 aliphatic rings.